The summed E-state index contributed by atoms with van der Waals surface area (Å²) in [5.74, 6) is -0.610. The van der Waals surface area contributed by atoms with Crippen LogP contribution in [0.15, 0.2) is 23.1 Å². The molecule has 0 aromatic heterocycles. The van der Waals surface area contributed by atoms with Gasteiger partial charge < -0.3 is 4.74 Å². The largest absolute Gasteiger partial charge is 0.383 e. The first-order chi connectivity index (χ1) is 8.84. The van der Waals surface area contributed by atoms with E-state index in [0.717, 1.165) is 10.4 Å². The van der Waals surface area contributed by atoms with Crippen molar-refractivity contribution in [1.29, 1.82) is 0 Å². The van der Waals surface area contributed by atoms with Crippen molar-refractivity contribution in [2.45, 2.75) is 23.7 Å². The molecule has 1 atom stereocenters. The Morgan fingerprint density at radius 2 is 2.11 bits per heavy atom. The second-order valence-corrected chi connectivity index (χ2v) is 6.44. The molecule has 1 unspecified atom stereocenters. The van der Waals surface area contributed by atoms with Crippen LogP contribution < -0.4 is 0 Å². The molecule has 4 nitrogen and oxygen atoms in total. The van der Waals surface area contributed by atoms with Crippen LogP contribution in [0.5, 0.6) is 0 Å². The van der Waals surface area contributed by atoms with Gasteiger partial charge in [-0.15, -0.1) is 11.6 Å². The SMILES string of the molecule is COCC(C)N(C)S(=O)(=O)c1cc(F)ccc1CCl. The van der Waals surface area contributed by atoms with Crippen LogP contribution in [-0.2, 0) is 20.6 Å². The molecule has 1 aromatic rings. The molecule has 0 fully saturated rings. The van der Waals surface area contributed by atoms with Gasteiger partial charge in [0.2, 0.25) is 10.0 Å². The van der Waals surface area contributed by atoms with Crippen LogP contribution in [0.1, 0.15) is 12.5 Å². The summed E-state index contributed by atoms with van der Waals surface area (Å²) < 4.78 is 44.2. The van der Waals surface area contributed by atoms with Gasteiger partial charge in [-0.25, -0.2) is 12.8 Å². The number of rotatable bonds is 6. The maximum Gasteiger partial charge on any atom is 0.243 e. The maximum atomic E-state index is 13.3. The number of nitrogens with zero attached hydrogens (tertiary/aromatic N) is 1. The number of likely N-dealkylation sites (N-methyl/N-ethyl adjacent to an activating group) is 1. The number of hydrogen-bond donors (Lipinski definition) is 0. The van der Waals surface area contributed by atoms with Crippen LogP contribution in [0.2, 0.25) is 0 Å². The third-order valence-electron chi connectivity index (χ3n) is 2.86. The Hall–Kier alpha value is -0.690. The minimum Gasteiger partial charge on any atom is -0.383 e. The van der Waals surface area contributed by atoms with Gasteiger partial charge in [0.05, 0.1) is 11.5 Å². The van der Waals surface area contributed by atoms with Gasteiger partial charge in [-0.3, -0.25) is 0 Å². The van der Waals surface area contributed by atoms with Crippen LogP contribution in [0, 0.1) is 5.82 Å². The summed E-state index contributed by atoms with van der Waals surface area (Å²) in [6, 6.07) is 3.20. The van der Waals surface area contributed by atoms with Crippen molar-refractivity contribution < 1.29 is 17.5 Å². The molecular formula is C12H17ClFNO3S. The van der Waals surface area contributed by atoms with Gasteiger partial charge in [-0.2, -0.15) is 4.31 Å². The summed E-state index contributed by atoms with van der Waals surface area (Å²) in [5, 5.41) is 0. The van der Waals surface area contributed by atoms with E-state index in [1.165, 1.54) is 26.3 Å². The average molecular weight is 310 g/mol. The Morgan fingerprint density at radius 3 is 2.63 bits per heavy atom. The lowest BCUT2D eigenvalue weighted by molar-refractivity contribution is 0.149. The van der Waals surface area contributed by atoms with E-state index in [1.807, 2.05) is 0 Å². The molecule has 108 valence electrons. The predicted octanol–water partition coefficient (Wildman–Crippen LogP) is 2.22. The van der Waals surface area contributed by atoms with Crippen molar-refractivity contribution in [2.24, 2.45) is 0 Å². The first-order valence-electron chi connectivity index (χ1n) is 5.66. The van der Waals surface area contributed by atoms with E-state index >= 15 is 0 Å². The van der Waals surface area contributed by atoms with E-state index in [-0.39, 0.29) is 23.4 Å². The molecule has 0 spiro atoms. The van der Waals surface area contributed by atoms with Gasteiger partial charge in [0.25, 0.3) is 0 Å². The van der Waals surface area contributed by atoms with Crippen LogP contribution in [0.4, 0.5) is 4.39 Å². The van der Waals surface area contributed by atoms with Gasteiger partial charge in [0, 0.05) is 26.1 Å². The van der Waals surface area contributed by atoms with E-state index in [4.69, 9.17) is 16.3 Å². The second-order valence-electron chi connectivity index (χ2n) is 4.21. The molecule has 0 saturated heterocycles. The Bertz CT molecular complexity index is 536. The monoisotopic (exact) mass is 309 g/mol. The third kappa shape index (κ3) is 3.66. The highest BCUT2D eigenvalue weighted by Gasteiger charge is 2.27. The van der Waals surface area contributed by atoms with E-state index in [1.54, 1.807) is 6.92 Å². The summed E-state index contributed by atoms with van der Waals surface area (Å²) in [6.45, 7) is 1.96. The molecule has 1 aromatic carbocycles. The standard InChI is InChI=1S/C12H17ClFNO3S/c1-9(8-18-3)15(2)19(16,17)12-6-11(14)5-4-10(12)7-13/h4-6,9H,7-8H2,1-3H3. The topological polar surface area (TPSA) is 46.6 Å². The molecule has 1 rings (SSSR count). The van der Waals surface area contributed by atoms with E-state index in [0.29, 0.717) is 5.56 Å². The lowest BCUT2D eigenvalue weighted by Crippen LogP contribution is -2.38. The predicted molar refractivity (Wildman–Crippen MR) is 72.2 cm³/mol. The molecular weight excluding hydrogens is 293 g/mol. The summed E-state index contributed by atoms with van der Waals surface area (Å²) in [6.07, 6.45) is 0. The smallest absolute Gasteiger partial charge is 0.243 e. The zero-order chi connectivity index (χ0) is 14.6. The fourth-order valence-corrected chi connectivity index (χ4v) is 3.51. The van der Waals surface area contributed by atoms with E-state index in [9.17, 15) is 12.8 Å². The number of methoxy groups -OCH3 is 1. The van der Waals surface area contributed by atoms with Gasteiger partial charge in [0.15, 0.2) is 0 Å². The lowest BCUT2D eigenvalue weighted by atomic mass is 10.2. The summed E-state index contributed by atoms with van der Waals surface area (Å²) in [7, 11) is -0.875. The Morgan fingerprint density at radius 1 is 1.47 bits per heavy atom. The minimum atomic E-state index is -3.80. The van der Waals surface area contributed by atoms with Crippen molar-refractivity contribution in [3.63, 3.8) is 0 Å². The van der Waals surface area contributed by atoms with Crippen LogP contribution in [-0.4, -0.2) is 39.5 Å². The Kier molecular flexibility index (Phi) is 5.73. The van der Waals surface area contributed by atoms with Crippen LogP contribution in [0.3, 0.4) is 0 Å². The molecule has 0 saturated carbocycles. The van der Waals surface area contributed by atoms with Gasteiger partial charge >= 0.3 is 0 Å². The van der Waals surface area contributed by atoms with Gasteiger partial charge in [-0.05, 0) is 24.6 Å². The van der Waals surface area contributed by atoms with Crippen LogP contribution in [0.25, 0.3) is 0 Å². The summed E-state index contributed by atoms with van der Waals surface area (Å²) in [5.41, 5.74) is 0.375. The van der Waals surface area contributed by atoms with E-state index < -0.39 is 15.8 Å². The number of benzene rings is 1. The summed E-state index contributed by atoms with van der Waals surface area (Å²) in [4.78, 5) is -0.104. The second kappa shape index (κ2) is 6.65. The molecule has 0 amide bonds. The van der Waals surface area contributed by atoms with Gasteiger partial charge in [0.1, 0.15) is 5.82 Å². The molecule has 0 aliphatic carbocycles. The molecule has 0 bridgehead atoms. The summed E-state index contributed by atoms with van der Waals surface area (Å²) >= 11 is 5.71. The first-order valence-corrected chi connectivity index (χ1v) is 7.63. The highest BCUT2D eigenvalue weighted by atomic mass is 35.5. The number of halogens is 2. The molecule has 19 heavy (non-hydrogen) atoms. The molecule has 7 heteroatoms. The number of alkyl halides is 1. The van der Waals surface area contributed by atoms with Crippen molar-refractivity contribution in [3.05, 3.63) is 29.6 Å². The zero-order valence-corrected chi connectivity index (χ0v) is 12.6. The molecule has 0 radical (unpaired) electrons. The van der Waals surface area contributed by atoms with Crippen molar-refractivity contribution in [2.75, 3.05) is 20.8 Å². The fourth-order valence-electron chi connectivity index (χ4n) is 1.62. The molecule has 0 aliphatic heterocycles. The number of ether oxygens (including phenoxy) is 1. The molecule has 0 N–H and O–H groups in total. The number of hydrogen-bond acceptors (Lipinski definition) is 3. The number of sulfonamides is 1. The lowest BCUT2D eigenvalue weighted by Gasteiger charge is -2.24. The molecule has 0 aliphatic rings. The minimum absolute atomic E-state index is 0.00133. The van der Waals surface area contributed by atoms with E-state index in [2.05, 4.69) is 0 Å². The first kappa shape index (κ1) is 16.4. The van der Waals surface area contributed by atoms with Crippen LogP contribution >= 0.6 is 11.6 Å². The highest BCUT2D eigenvalue weighted by molar-refractivity contribution is 7.89. The Balaban J connectivity index is 3.23. The van der Waals surface area contributed by atoms with Crippen molar-refractivity contribution in [3.8, 4) is 0 Å². The highest BCUT2D eigenvalue weighted by Crippen LogP contribution is 2.23. The van der Waals surface area contributed by atoms with Gasteiger partial charge in [-0.1, -0.05) is 6.07 Å². The zero-order valence-electron chi connectivity index (χ0n) is 11.1. The normalized spacial score (nSPS) is 13.8. The fraction of sp³-hybridized carbons (Fsp3) is 0.500. The average Bonchev–Trinajstić information content (AvgIpc) is 2.38. The van der Waals surface area contributed by atoms with Crippen molar-refractivity contribution >= 4 is 21.6 Å². The van der Waals surface area contributed by atoms with Crippen molar-refractivity contribution in [1.82, 2.24) is 4.31 Å². The Labute approximate surface area is 118 Å². The quantitative estimate of drug-likeness (QED) is 0.757. The maximum absolute atomic E-state index is 13.3. The molecule has 0 heterocycles. The third-order valence-corrected chi connectivity index (χ3v) is 5.20.